The average molecular weight is 207 g/mol. The van der Waals surface area contributed by atoms with Crippen LogP contribution in [0.3, 0.4) is 0 Å². The Hall–Kier alpha value is -1.35. The van der Waals surface area contributed by atoms with Crippen LogP contribution in [0.5, 0.6) is 0 Å². The zero-order valence-electron chi connectivity index (χ0n) is 9.49. The second kappa shape index (κ2) is 5.51. The maximum absolute atomic E-state index is 11.4. The summed E-state index contributed by atoms with van der Waals surface area (Å²) in [4.78, 5) is 16.2. The SMILES string of the molecule is CON(C)C(=O)CCc1cccc(C)c1. The van der Waals surface area contributed by atoms with E-state index in [4.69, 9.17) is 4.84 Å². The number of amides is 1. The van der Waals surface area contributed by atoms with Crippen LogP contribution in [0.15, 0.2) is 24.3 Å². The van der Waals surface area contributed by atoms with Gasteiger partial charge in [0.2, 0.25) is 5.91 Å². The van der Waals surface area contributed by atoms with E-state index < -0.39 is 0 Å². The molecule has 0 fully saturated rings. The molecule has 1 aromatic carbocycles. The number of hydrogen-bond donors (Lipinski definition) is 0. The summed E-state index contributed by atoms with van der Waals surface area (Å²) in [6.45, 7) is 2.05. The van der Waals surface area contributed by atoms with Crippen molar-refractivity contribution in [3.05, 3.63) is 35.4 Å². The molecular formula is C12H17NO2. The fraction of sp³-hybridized carbons (Fsp3) is 0.417. The minimum atomic E-state index is -0.000920. The van der Waals surface area contributed by atoms with Crippen LogP contribution in [0.1, 0.15) is 17.5 Å². The van der Waals surface area contributed by atoms with E-state index in [1.165, 1.54) is 23.3 Å². The average Bonchev–Trinajstić information content (AvgIpc) is 2.25. The molecule has 0 bridgehead atoms. The van der Waals surface area contributed by atoms with Crippen molar-refractivity contribution in [1.82, 2.24) is 5.06 Å². The van der Waals surface area contributed by atoms with E-state index in [1.807, 2.05) is 25.1 Å². The fourth-order valence-corrected chi connectivity index (χ4v) is 1.38. The van der Waals surface area contributed by atoms with Crippen molar-refractivity contribution in [3.63, 3.8) is 0 Å². The smallest absolute Gasteiger partial charge is 0.246 e. The Morgan fingerprint density at radius 1 is 1.47 bits per heavy atom. The molecule has 0 radical (unpaired) electrons. The van der Waals surface area contributed by atoms with Gasteiger partial charge >= 0.3 is 0 Å². The van der Waals surface area contributed by atoms with E-state index in [0.717, 1.165) is 6.42 Å². The standard InChI is InChI=1S/C12H17NO2/c1-10-5-4-6-11(9-10)7-8-12(14)13(2)15-3/h4-6,9H,7-8H2,1-3H3. The Balaban J connectivity index is 2.47. The molecule has 3 nitrogen and oxygen atoms in total. The lowest BCUT2D eigenvalue weighted by molar-refractivity contribution is -0.168. The third-order valence-corrected chi connectivity index (χ3v) is 2.34. The van der Waals surface area contributed by atoms with Crippen molar-refractivity contribution < 1.29 is 9.63 Å². The minimum Gasteiger partial charge on any atom is -0.275 e. The second-order valence-corrected chi connectivity index (χ2v) is 3.56. The molecule has 0 spiro atoms. The number of aryl methyl sites for hydroxylation is 2. The summed E-state index contributed by atoms with van der Waals surface area (Å²) >= 11 is 0. The maximum atomic E-state index is 11.4. The van der Waals surface area contributed by atoms with Crippen molar-refractivity contribution in [2.45, 2.75) is 19.8 Å². The molecule has 0 aliphatic rings. The van der Waals surface area contributed by atoms with Gasteiger partial charge in [-0.3, -0.25) is 9.63 Å². The van der Waals surface area contributed by atoms with Crippen molar-refractivity contribution in [1.29, 1.82) is 0 Å². The molecule has 0 aliphatic heterocycles. The molecule has 15 heavy (non-hydrogen) atoms. The van der Waals surface area contributed by atoms with Crippen molar-refractivity contribution >= 4 is 5.91 Å². The lowest BCUT2D eigenvalue weighted by atomic mass is 10.1. The van der Waals surface area contributed by atoms with E-state index in [1.54, 1.807) is 7.05 Å². The molecule has 0 aliphatic carbocycles. The predicted molar refractivity (Wildman–Crippen MR) is 59.3 cm³/mol. The molecule has 82 valence electrons. The van der Waals surface area contributed by atoms with E-state index >= 15 is 0 Å². The summed E-state index contributed by atoms with van der Waals surface area (Å²) in [7, 11) is 3.11. The quantitative estimate of drug-likeness (QED) is 0.706. The van der Waals surface area contributed by atoms with Crippen molar-refractivity contribution in [3.8, 4) is 0 Å². The topological polar surface area (TPSA) is 29.5 Å². The van der Waals surface area contributed by atoms with E-state index in [0.29, 0.717) is 6.42 Å². The first-order valence-corrected chi connectivity index (χ1v) is 4.99. The van der Waals surface area contributed by atoms with Crippen molar-refractivity contribution in [2.24, 2.45) is 0 Å². The van der Waals surface area contributed by atoms with Gasteiger partial charge in [0.25, 0.3) is 0 Å². The van der Waals surface area contributed by atoms with Gasteiger partial charge in [0.15, 0.2) is 0 Å². The largest absolute Gasteiger partial charge is 0.275 e. The predicted octanol–water partition coefficient (Wildman–Crippen LogP) is 1.95. The number of carbonyl (C=O) groups is 1. The van der Waals surface area contributed by atoms with Gasteiger partial charge in [-0.15, -0.1) is 0 Å². The van der Waals surface area contributed by atoms with Crippen LogP contribution >= 0.6 is 0 Å². The lowest BCUT2D eigenvalue weighted by Gasteiger charge is -2.13. The number of carbonyl (C=O) groups excluding carboxylic acids is 1. The van der Waals surface area contributed by atoms with Gasteiger partial charge in [-0.1, -0.05) is 29.8 Å². The number of benzene rings is 1. The molecule has 1 rings (SSSR count). The summed E-state index contributed by atoms with van der Waals surface area (Å²) < 4.78 is 0. The van der Waals surface area contributed by atoms with E-state index in [-0.39, 0.29) is 5.91 Å². The molecule has 0 unspecified atom stereocenters. The zero-order valence-corrected chi connectivity index (χ0v) is 9.49. The van der Waals surface area contributed by atoms with Gasteiger partial charge in [0.05, 0.1) is 7.11 Å². The summed E-state index contributed by atoms with van der Waals surface area (Å²) in [6, 6.07) is 8.19. The van der Waals surface area contributed by atoms with Gasteiger partial charge in [-0.05, 0) is 18.9 Å². The first-order valence-electron chi connectivity index (χ1n) is 4.99. The maximum Gasteiger partial charge on any atom is 0.246 e. The number of rotatable bonds is 4. The molecule has 0 saturated carbocycles. The van der Waals surface area contributed by atoms with Crippen LogP contribution in [0.25, 0.3) is 0 Å². The van der Waals surface area contributed by atoms with Crippen LogP contribution in [0.2, 0.25) is 0 Å². The van der Waals surface area contributed by atoms with E-state index in [2.05, 4.69) is 6.07 Å². The summed E-state index contributed by atoms with van der Waals surface area (Å²) in [5, 5.41) is 1.26. The first-order chi connectivity index (χ1) is 7.13. The summed E-state index contributed by atoms with van der Waals surface area (Å²) in [6.07, 6.45) is 1.24. The Labute approximate surface area is 90.6 Å². The third kappa shape index (κ3) is 3.72. The van der Waals surface area contributed by atoms with Gasteiger partial charge in [-0.25, -0.2) is 5.06 Å². The number of hydroxylamine groups is 2. The molecule has 0 saturated heterocycles. The Kier molecular flexibility index (Phi) is 4.31. The van der Waals surface area contributed by atoms with Gasteiger partial charge in [0.1, 0.15) is 0 Å². The first kappa shape index (κ1) is 11.7. The Morgan fingerprint density at radius 2 is 2.20 bits per heavy atom. The molecule has 0 N–H and O–H groups in total. The highest BCUT2D eigenvalue weighted by Gasteiger charge is 2.07. The molecule has 0 aromatic heterocycles. The highest BCUT2D eigenvalue weighted by molar-refractivity contribution is 5.75. The van der Waals surface area contributed by atoms with Crippen LogP contribution < -0.4 is 0 Å². The summed E-state index contributed by atoms with van der Waals surface area (Å²) in [5.74, 6) is -0.000920. The molecule has 0 heterocycles. The van der Waals surface area contributed by atoms with Gasteiger partial charge < -0.3 is 0 Å². The highest BCUT2D eigenvalue weighted by Crippen LogP contribution is 2.07. The number of hydrogen-bond acceptors (Lipinski definition) is 2. The van der Waals surface area contributed by atoms with Crippen LogP contribution in [-0.2, 0) is 16.1 Å². The molecule has 1 amide bonds. The van der Waals surface area contributed by atoms with Crippen LogP contribution in [0.4, 0.5) is 0 Å². The minimum absolute atomic E-state index is 0.000920. The Bertz CT molecular complexity index is 336. The summed E-state index contributed by atoms with van der Waals surface area (Å²) in [5.41, 5.74) is 2.41. The van der Waals surface area contributed by atoms with Gasteiger partial charge in [0, 0.05) is 13.5 Å². The van der Waals surface area contributed by atoms with Gasteiger partial charge in [-0.2, -0.15) is 0 Å². The third-order valence-electron chi connectivity index (χ3n) is 2.34. The lowest BCUT2D eigenvalue weighted by Crippen LogP contribution is -2.25. The monoisotopic (exact) mass is 207 g/mol. The molecule has 0 atom stereocenters. The van der Waals surface area contributed by atoms with Crippen LogP contribution in [0, 0.1) is 6.92 Å². The Morgan fingerprint density at radius 3 is 2.80 bits per heavy atom. The molecule has 3 heteroatoms. The number of nitrogens with zero attached hydrogens (tertiary/aromatic N) is 1. The fourth-order valence-electron chi connectivity index (χ4n) is 1.38. The zero-order chi connectivity index (χ0) is 11.3. The molecule has 1 aromatic rings. The van der Waals surface area contributed by atoms with E-state index in [9.17, 15) is 4.79 Å². The van der Waals surface area contributed by atoms with Crippen LogP contribution in [-0.4, -0.2) is 25.1 Å². The van der Waals surface area contributed by atoms with Crippen molar-refractivity contribution in [2.75, 3.05) is 14.2 Å². The normalized spacial score (nSPS) is 10.1. The highest BCUT2D eigenvalue weighted by atomic mass is 16.7. The second-order valence-electron chi connectivity index (χ2n) is 3.56. The molecular weight excluding hydrogens is 190 g/mol.